The van der Waals surface area contributed by atoms with E-state index >= 15 is 0 Å². The van der Waals surface area contributed by atoms with Crippen LogP contribution in [0.3, 0.4) is 0 Å². The van der Waals surface area contributed by atoms with E-state index in [2.05, 4.69) is 20.2 Å². The van der Waals surface area contributed by atoms with Crippen LogP contribution in [0, 0.1) is 6.92 Å². The van der Waals surface area contributed by atoms with Crippen molar-refractivity contribution in [1.29, 1.82) is 0 Å². The molecule has 5 nitrogen and oxygen atoms in total. The van der Waals surface area contributed by atoms with Crippen molar-refractivity contribution in [2.45, 2.75) is 13.3 Å². The number of thiazole rings is 1. The van der Waals surface area contributed by atoms with E-state index in [4.69, 9.17) is 28.9 Å². The molecule has 0 aliphatic heterocycles. The molecule has 114 valence electrons. The summed E-state index contributed by atoms with van der Waals surface area (Å²) in [5, 5.41) is 9.31. The van der Waals surface area contributed by atoms with Gasteiger partial charge in [-0.1, -0.05) is 23.2 Å². The number of nitrogens with zero attached hydrogens (tertiary/aromatic N) is 3. The molecule has 8 heteroatoms. The third kappa shape index (κ3) is 3.01. The number of nitrogens with one attached hydrogen (secondary N) is 1. The lowest BCUT2D eigenvalue weighted by atomic mass is 10.2. The molecule has 0 amide bonds. The highest BCUT2D eigenvalue weighted by Crippen LogP contribution is 2.32. The number of rotatable bonds is 4. The van der Waals surface area contributed by atoms with Gasteiger partial charge in [-0.3, -0.25) is 5.10 Å². The fourth-order valence-corrected chi connectivity index (χ4v) is 3.45. The highest BCUT2D eigenvalue weighted by molar-refractivity contribution is 7.15. The molecule has 0 atom stereocenters. The van der Waals surface area contributed by atoms with E-state index in [-0.39, 0.29) is 0 Å². The number of aromatic nitrogens is 4. The van der Waals surface area contributed by atoms with Crippen LogP contribution in [0.5, 0.6) is 0 Å². The highest BCUT2D eigenvalue weighted by atomic mass is 35.5. The van der Waals surface area contributed by atoms with Crippen LogP contribution >= 0.6 is 34.5 Å². The Morgan fingerprint density at radius 2 is 2.09 bits per heavy atom. The van der Waals surface area contributed by atoms with Gasteiger partial charge in [0.2, 0.25) is 0 Å². The minimum atomic E-state index is 0.510. The SMILES string of the molecule is Cc1nc(CCN)sc1-c1nc(-c2cc(Cl)ccc2Cl)n[nH]1. The predicted molar refractivity (Wildman–Crippen MR) is 90.4 cm³/mol. The van der Waals surface area contributed by atoms with Gasteiger partial charge in [-0.15, -0.1) is 11.3 Å². The monoisotopic (exact) mass is 353 g/mol. The lowest BCUT2D eigenvalue weighted by molar-refractivity contribution is 0.945. The van der Waals surface area contributed by atoms with Gasteiger partial charge in [0.05, 0.1) is 20.6 Å². The number of aryl methyl sites for hydroxylation is 1. The summed E-state index contributed by atoms with van der Waals surface area (Å²) in [7, 11) is 0. The first-order valence-corrected chi connectivity index (χ1v) is 8.20. The summed E-state index contributed by atoms with van der Waals surface area (Å²) >= 11 is 13.8. The van der Waals surface area contributed by atoms with Gasteiger partial charge >= 0.3 is 0 Å². The average Bonchev–Trinajstić information content (AvgIpc) is 3.09. The molecule has 3 aromatic rings. The first-order chi connectivity index (χ1) is 10.6. The molecule has 3 rings (SSSR count). The molecule has 0 fully saturated rings. The van der Waals surface area contributed by atoms with Crippen molar-refractivity contribution in [3.63, 3.8) is 0 Å². The Labute approximate surface area is 141 Å². The topological polar surface area (TPSA) is 80.5 Å². The number of hydrogen-bond donors (Lipinski definition) is 2. The standard InChI is InChI=1S/C14H13Cl2N5S/c1-7-12(22-11(18-7)4-5-17)14-19-13(20-21-14)9-6-8(15)2-3-10(9)16/h2-3,6H,4-5,17H2,1H3,(H,19,20,21). The molecule has 0 aliphatic rings. The third-order valence-electron chi connectivity index (χ3n) is 3.07. The van der Waals surface area contributed by atoms with Gasteiger partial charge in [-0.25, -0.2) is 9.97 Å². The quantitative estimate of drug-likeness (QED) is 0.748. The summed E-state index contributed by atoms with van der Waals surface area (Å²) in [6, 6.07) is 5.20. The van der Waals surface area contributed by atoms with Crippen molar-refractivity contribution in [3.8, 4) is 22.1 Å². The molecule has 0 spiro atoms. The first kappa shape index (κ1) is 15.4. The molecular formula is C14H13Cl2N5S. The summed E-state index contributed by atoms with van der Waals surface area (Å²) in [4.78, 5) is 9.97. The number of aromatic amines is 1. The molecule has 0 saturated carbocycles. The van der Waals surface area contributed by atoms with Crippen LogP contribution in [0.15, 0.2) is 18.2 Å². The van der Waals surface area contributed by atoms with Gasteiger partial charge in [0.25, 0.3) is 0 Å². The smallest absolute Gasteiger partial charge is 0.183 e. The molecule has 1 aromatic carbocycles. The van der Waals surface area contributed by atoms with Crippen molar-refractivity contribution in [2.24, 2.45) is 5.73 Å². The molecule has 0 aliphatic carbocycles. The molecule has 0 bridgehead atoms. The lowest BCUT2D eigenvalue weighted by Crippen LogP contribution is -2.01. The van der Waals surface area contributed by atoms with Gasteiger partial charge in [0.1, 0.15) is 0 Å². The van der Waals surface area contributed by atoms with Crippen LogP contribution in [-0.4, -0.2) is 26.7 Å². The maximum atomic E-state index is 6.19. The van der Waals surface area contributed by atoms with E-state index in [1.807, 2.05) is 6.92 Å². The number of hydrogen-bond acceptors (Lipinski definition) is 5. The largest absolute Gasteiger partial charge is 0.330 e. The van der Waals surface area contributed by atoms with Gasteiger partial charge in [0.15, 0.2) is 11.6 Å². The molecule has 3 N–H and O–H groups in total. The summed E-state index contributed by atoms with van der Waals surface area (Å²) in [6.07, 6.45) is 0.757. The Morgan fingerprint density at radius 3 is 2.86 bits per heavy atom. The summed E-state index contributed by atoms with van der Waals surface area (Å²) < 4.78 is 0. The zero-order valence-electron chi connectivity index (χ0n) is 11.7. The van der Waals surface area contributed by atoms with E-state index in [9.17, 15) is 0 Å². The van der Waals surface area contributed by atoms with Crippen LogP contribution in [0.25, 0.3) is 22.1 Å². The van der Waals surface area contributed by atoms with Crippen LogP contribution in [-0.2, 0) is 6.42 Å². The fourth-order valence-electron chi connectivity index (χ4n) is 2.06. The van der Waals surface area contributed by atoms with Crippen molar-refractivity contribution >= 4 is 34.5 Å². The molecule has 0 saturated heterocycles. The van der Waals surface area contributed by atoms with Crippen LogP contribution in [0.1, 0.15) is 10.7 Å². The number of halogens is 2. The minimum Gasteiger partial charge on any atom is -0.330 e. The van der Waals surface area contributed by atoms with E-state index in [1.54, 1.807) is 29.5 Å². The van der Waals surface area contributed by atoms with Crippen molar-refractivity contribution in [1.82, 2.24) is 20.2 Å². The second kappa shape index (κ2) is 6.34. The van der Waals surface area contributed by atoms with Gasteiger partial charge in [-0.05, 0) is 31.7 Å². The third-order valence-corrected chi connectivity index (χ3v) is 4.86. The maximum absolute atomic E-state index is 6.19. The van der Waals surface area contributed by atoms with Gasteiger partial charge in [-0.2, -0.15) is 5.10 Å². The molecule has 22 heavy (non-hydrogen) atoms. The number of benzene rings is 1. The van der Waals surface area contributed by atoms with Crippen LogP contribution < -0.4 is 5.73 Å². The zero-order chi connectivity index (χ0) is 15.7. The van der Waals surface area contributed by atoms with Crippen LogP contribution in [0.2, 0.25) is 10.0 Å². The Bertz CT molecular complexity index is 811. The fraction of sp³-hybridized carbons (Fsp3) is 0.214. The van der Waals surface area contributed by atoms with E-state index in [0.29, 0.717) is 33.8 Å². The Morgan fingerprint density at radius 1 is 1.27 bits per heavy atom. The van der Waals surface area contributed by atoms with Crippen LogP contribution in [0.4, 0.5) is 0 Å². The summed E-state index contributed by atoms with van der Waals surface area (Å²) in [6.45, 7) is 2.52. The van der Waals surface area contributed by atoms with E-state index in [0.717, 1.165) is 22.0 Å². The highest BCUT2D eigenvalue weighted by Gasteiger charge is 2.16. The number of nitrogens with two attached hydrogens (primary N) is 1. The predicted octanol–water partition coefficient (Wildman–Crippen LogP) is 3.71. The minimum absolute atomic E-state index is 0.510. The molecule has 2 aromatic heterocycles. The van der Waals surface area contributed by atoms with Crippen molar-refractivity contribution in [3.05, 3.63) is 38.9 Å². The Balaban J connectivity index is 1.98. The summed E-state index contributed by atoms with van der Waals surface area (Å²) in [5.74, 6) is 1.18. The molecule has 2 heterocycles. The number of H-pyrrole nitrogens is 1. The second-order valence-corrected chi connectivity index (χ2v) is 6.62. The zero-order valence-corrected chi connectivity index (χ0v) is 14.1. The Kier molecular flexibility index (Phi) is 4.44. The average molecular weight is 354 g/mol. The van der Waals surface area contributed by atoms with Gasteiger partial charge in [0, 0.05) is 17.0 Å². The van der Waals surface area contributed by atoms with E-state index < -0.39 is 0 Å². The Hall–Kier alpha value is -1.47. The van der Waals surface area contributed by atoms with Gasteiger partial charge < -0.3 is 5.73 Å². The normalized spacial score (nSPS) is 11.1. The maximum Gasteiger partial charge on any atom is 0.183 e. The second-order valence-electron chi connectivity index (χ2n) is 4.69. The van der Waals surface area contributed by atoms with Crippen molar-refractivity contribution in [2.75, 3.05) is 6.54 Å². The first-order valence-electron chi connectivity index (χ1n) is 6.63. The van der Waals surface area contributed by atoms with Crippen molar-refractivity contribution < 1.29 is 0 Å². The summed E-state index contributed by atoms with van der Waals surface area (Å²) in [5.41, 5.74) is 7.18. The van der Waals surface area contributed by atoms with E-state index in [1.165, 1.54) is 0 Å². The lowest BCUT2D eigenvalue weighted by Gasteiger charge is -1.99. The molecular weight excluding hydrogens is 341 g/mol. The molecule has 0 radical (unpaired) electrons. The molecule has 0 unspecified atom stereocenters.